The minimum atomic E-state index is -3.52. The van der Waals surface area contributed by atoms with Gasteiger partial charge in [-0.05, 0) is 37.1 Å². The van der Waals surface area contributed by atoms with Crippen LogP contribution in [-0.2, 0) is 21.3 Å². The Morgan fingerprint density at radius 3 is 2.36 bits per heavy atom. The number of nitrogens with zero attached hydrogens (tertiary/aromatic N) is 4. The molecule has 0 aliphatic carbocycles. The van der Waals surface area contributed by atoms with Gasteiger partial charge in [0.2, 0.25) is 10.0 Å². The highest BCUT2D eigenvalue weighted by Gasteiger charge is 2.25. The molecule has 0 N–H and O–H groups in total. The van der Waals surface area contributed by atoms with E-state index in [9.17, 15) is 8.42 Å². The Morgan fingerprint density at radius 1 is 0.861 bits per heavy atom. The quantitative estimate of drug-likeness (QED) is 0.459. The fourth-order valence-electron chi connectivity index (χ4n) is 4.79. The molecule has 3 heterocycles. The first-order valence-corrected chi connectivity index (χ1v) is 15.1. The maximum Gasteiger partial charge on any atom is 0.243 e. The molecule has 0 amide bonds. The predicted molar refractivity (Wildman–Crippen MR) is 144 cm³/mol. The summed E-state index contributed by atoms with van der Waals surface area (Å²) < 4.78 is 36.3. The minimum absolute atomic E-state index is 0.370. The number of benzene rings is 2. The lowest BCUT2D eigenvalue weighted by atomic mass is 10.2. The van der Waals surface area contributed by atoms with Crippen molar-refractivity contribution in [2.75, 3.05) is 45.9 Å². The zero-order valence-electron chi connectivity index (χ0n) is 20.6. The van der Waals surface area contributed by atoms with Gasteiger partial charge in [0, 0.05) is 50.2 Å². The van der Waals surface area contributed by atoms with E-state index in [1.54, 1.807) is 21.7 Å². The normalized spacial score (nSPS) is 18.8. The number of para-hydroxylation sites is 1. The summed E-state index contributed by atoms with van der Waals surface area (Å²) in [4.78, 5) is 8.60. The maximum absolute atomic E-state index is 13.5. The van der Waals surface area contributed by atoms with Gasteiger partial charge < -0.3 is 9.30 Å². The molecular weight excluding hydrogens is 492 g/mol. The predicted octanol–water partition coefficient (Wildman–Crippen LogP) is 4.35. The fourth-order valence-corrected chi connectivity index (χ4v) is 7.31. The molecule has 1 aromatic heterocycles. The first-order valence-electron chi connectivity index (χ1n) is 12.8. The summed E-state index contributed by atoms with van der Waals surface area (Å²) in [7, 11) is -3.52. The van der Waals surface area contributed by atoms with Gasteiger partial charge in [0.25, 0.3) is 0 Å². The maximum atomic E-state index is 13.5. The van der Waals surface area contributed by atoms with Crippen LogP contribution in [0.1, 0.15) is 25.7 Å². The third kappa shape index (κ3) is 5.98. The van der Waals surface area contributed by atoms with Crippen molar-refractivity contribution >= 4 is 27.0 Å². The van der Waals surface area contributed by atoms with E-state index in [-0.39, 0.29) is 0 Å². The molecule has 7 nitrogen and oxygen atoms in total. The van der Waals surface area contributed by atoms with Crippen LogP contribution in [0.15, 0.2) is 69.9 Å². The highest BCUT2D eigenvalue weighted by Crippen LogP contribution is 2.27. The van der Waals surface area contributed by atoms with E-state index in [4.69, 9.17) is 9.73 Å². The average Bonchev–Trinajstić information content (AvgIpc) is 3.11. The third-order valence-electron chi connectivity index (χ3n) is 6.85. The summed E-state index contributed by atoms with van der Waals surface area (Å²) in [5.74, 6) is 0. The molecular formula is C27H34N4O3S2. The van der Waals surface area contributed by atoms with Gasteiger partial charge in [-0.1, -0.05) is 43.2 Å². The van der Waals surface area contributed by atoms with E-state index >= 15 is 0 Å². The highest BCUT2D eigenvalue weighted by atomic mass is 32.2. The molecule has 5 rings (SSSR count). The average molecular weight is 527 g/mol. The molecule has 0 unspecified atom stereocenters. The van der Waals surface area contributed by atoms with Gasteiger partial charge >= 0.3 is 0 Å². The number of rotatable bonds is 7. The lowest BCUT2D eigenvalue weighted by Crippen LogP contribution is -2.39. The first kappa shape index (κ1) is 25.4. The van der Waals surface area contributed by atoms with E-state index in [1.165, 1.54) is 0 Å². The Kier molecular flexibility index (Phi) is 8.33. The van der Waals surface area contributed by atoms with Crippen molar-refractivity contribution in [3.8, 4) is 11.3 Å². The number of morpholine rings is 1. The summed E-state index contributed by atoms with van der Waals surface area (Å²) in [6.07, 6.45) is 4.04. The van der Waals surface area contributed by atoms with Crippen molar-refractivity contribution in [2.45, 2.75) is 37.1 Å². The zero-order valence-corrected chi connectivity index (χ0v) is 22.2. The number of aromatic nitrogens is 1. The van der Waals surface area contributed by atoms with Crippen LogP contribution < -0.4 is 4.80 Å². The van der Waals surface area contributed by atoms with E-state index in [0.29, 0.717) is 18.0 Å². The number of ether oxygens (including phenoxy) is 1. The van der Waals surface area contributed by atoms with Crippen molar-refractivity contribution in [3.05, 3.63) is 64.8 Å². The lowest BCUT2D eigenvalue weighted by molar-refractivity contribution is 0.0363. The number of hydrogen-bond acceptors (Lipinski definition) is 6. The lowest BCUT2D eigenvalue weighted by Gasteiger charge is -2.27. The van der Waals surface area contributed by atoms with Crippen molar-refractivity contribution in [3.63, 3.8) is 0 Å². The van der Waals surface area contributed by atoms with Crippen LogP contribution in [0.3, 0.4) is 0 Å². The fraction of sp³-hybridized carbons (Fsp3) is 0.444. The second kappa shape index (κ2) is 11.8. The van der Waals surface area contributed by atoms with Gasteiger partial charge in [-0.15, -0.1) is 11.3 Å². The Bertz CT molecular complexity index is 1300. The van der Waals surface area contributed by atoms with E-state index < -0.39 is 10.0 Å². The smallest absolute Gasteiger partial charge is 0.243 e. The van der Waals surface area contributed by atoms with Crippen LogP contribution >= 0.6 is 11.3 Å². The molecule has 0 saturated carbocycles. The number of hydrogen-bond donors (Lipinski definition) is 0. The summed E-state index contributed by atoms with van der Waals surface area (Å²) >= 11 is 1.59. The molecule has 36 heavy (non-hydrogen) atoms. The van der Waals surface area contributed by atoms with Gasteiger partial charge in [-0.3, -0.25) is 4.90 Å². The van der Waals surface area contributed by atoms with Crippen LogP contribution in [-0.4, -0.2) is 68.1 Å². The third-order valence-corrected chi connectivity index (χ3v) is 9.61. The number of sulfonamides is 1. The van der Waals surface area contributed by atoms with Crippen molar-refractivity contribution < 1.29 is 13.2 Å². The van der Waals surface area contributed by atoms with E-state index in [0.717, 1.165) is 86.8 Å². The van der Waals surface area contributed by atoms with Crippen LogP contribution in [0.4, 0.5) is 5.69 Å². The Labute approximate surface area is 217 Å². The first-order chi connectivity index (χ1) is 17.6. The van der Waals surface area contributed by atoms with Crippen LogP contribution in [0.25, 0.3) is 11.3 Å². The van der Waals surface area contributed by atoms with Crippen LogP contribution in [0, 0.1) is 0 Å². The molecule has 2 saturated heterocycles. The molecule has 0 spiro atoms. The molecule has 2 aromatic carbocycles. The molecule has 0 bridgehead atoms. The zero-order chi connectivity index (χ0) is 24.8. The van der Waals surface area contributed by atoms with Crippen molar-refractivity contribution in [1.82, 2.24) is 13.8 Å². The van der Waals surface area contributed by atoms with Gasteiger partial charge in [0.15, 0.2) is 4.80 Å². The van der Waals surface area contributed by atoms with Crippen LogP contribution in [0.2, 0.25) is 0 Å². The topological polar surface area (TPSA) is 67.1 Å². The molecule has 9 heteroatoms. The summed E-state index contributed by atoms with van der Waals surface area (Å²) in [5, 5.41) is 2.10. The highest BCUT2D eigenvalue weighted by molar-refractivity contribution is 7.89. The minimum Gasteiger partial charge on any atom is -0.379 e. The standard InChI is InChI=1S/C27H34N4O3S2/c32-36(33,30-13-6-1-2-7-14-30)25-12-8-9-23(21-25)26-22-35-27(28-24-10-4-3-5-11-24)31(26)16-15-29-17-19-34-20-18-29/h3-5,8-12,21-22H,1-2,6-7,13-20H2. The van der Waals surface area contributed by atoms with E-state index in [2.05, 4.69) is 14.8 Å². The molecule has 0 atom stereocenters. The Balaban J connectivity index is 1.49. The summed E-state index contributed by atoms with van der Waals surface area (Å²) in [5.41, 5.74) is 2.80. The van der Waals surface area contributed by atoms with Gasteiger partial charge in [-0.25, -0.2) is 13.4 Å². The molecule has 2 fully saturated rings. The van der Waals surface area contributed by atoms with Gasteiger partial charge in [-0.2, -0.15) is 4.31 Å². The van der Waals surface area contributed by atoms with Crippen molar-refractivity contribution in [1.29, 1.82) is 0 Å². The summed E-state index contributed by atoms with van der Waals surface area (Å²) in [6, 6.07) is 17.4. The summed E-state index contributed by atoms with van der Waals surface area (Å²) in [6.45, 7) is 6.24. The largest absolute Gasteiger partial charge is 0.379 e. The second-order valence-electron chi connectivity index (χ2n) is 9.30. The monoisotopic (exact) mass is 526 g/mol. The molecule has 2 aliphatic heterocycles. The van der Waals surface area contributed by atoms with Crippen molar-refractivity contribution in [2.24, 2.45) is 4.99 Å². The van der Waals surface area contributed by atoms with Gasteiger partial charge in [0.1, 0.15) is 0 Å². The second-order valence-corrected chi connectivity index (χ2v) is 12.1. The Morgan fingerprint density at radius 2 is 1.61 bits per heavy atom. The SMILES string of the molecule is O=S(=O)(c1cccc(-c2csc(=Nc3ccccc3)n2CCN2CCOCC2)c1)N1CCCCCC1. The number of thiazole rings is 1. The Hall–Kier alpha value is -2.30. The molecule has 192 valence electrons. The molecule has 3 aromatic rings. The van der Waals surface area contributed by atoms with Crippen LogP contribution in [0.5, 0.6) is 0 Å². The molecule has 2 aliphatic rings. The van der Waals surface area contributed by atoms with Gasteiger partial charge in [0.05, 0.1) is 29.5 Å². The molecule has 0 radical (unpaired) electrons. The van der Waals surface area contributed by atoms with E-state index in [1.807, 2.05) is 48.5 Å².